The number of anilines is 5. The maximum atomic E-state index is 14.1. The van der Waals surface area contributed by atoms with Crippen LogP contribution in [-0.2, 0) is 87.5 Å². The molecular weight excluding hydrogens is 1130 g/mol. The van der Waals surface area contributed by atoms with Crippen LogP contribution in [0.25, 0.3) is 0 Å². The number of methoxy groups -OCH3 is 2. The first-order chi connectivity index (χ1) is 39.2. The van der Waals surface area contributed by atoms with Crippen LogP contribution in [0.3, 0.4) is 0 Å². The van der Waals surface area contributed by atoms with Crippen LogP contribution in [0.2, 0.25) is 0 Å². The number of rotatable bonds is 21. The number of ether oxygens (including phenoxy) is 4. The van der Waals surface area contributed by atoms with Crippen LogP contribution in [0.4, 0.5) is 28.4 Å². The van der Waals surface area contributed by atoms with Crippen LogP contribution >= 0.6 is 0 Å². The molecule has 22 heteroatoms. The quantitative estimate of drug-likeness (QED) is 0.0299. The number of benzene rings is 5. The van der Waals surface area contributed by atoms with Crippen molar-refractivity contribution in [3.63, 3.8) is 0 Å². The molecule has 6 N–H and O–H groups in total. The second kappa shape index (κ2) is 25.7. The van der Waals surface area contributed by atoms with E-state index in [-0.39, 0.29) is 102 Å². The van der Waals surface area contributed by atoms with Crippen molar-refractivity contribution in [1.29, 1.82) is 0 Å². The van der Waals surface area contributed by atoms with E-state index in [1.165, 1.54) is 40.2 Å². The summed E-state index contributed by atoms with van der Waals surface area (Å²) in [6, 6.07) is 25.5. The fourth-order valence-electron chi connectivity index (χ4n) is 10.6. The Labute approximate surface area is 499 Å². The maximum absolute atomic E-state index is 14.1. The number of carbonyl (C=O) groups is 8. The number of fused-ring (bicyclic) bond motifs is 8. The summed E-state index contributed by atoms with van der Waals surface area (Å²) in [5, 5.41) is 17.7. The minimum Gasteiger partial charge on any atom is -0.533 e. The van der Waals surface area contributed by atoms with Crippen molar-refractivity contribution >= 4 is 75.7 Å². The Morgan fingerprint density at radius 1 is 0.659 bits per heavy atom. The molecule has 10 rings (SSSR count). The van der Waals surface area contributed by atoms with Crippen LogP contribution < -0.4 is 60.6 Å². The van der Waals surface area contributed by atoms with E-state index in [9.17, 15) is 38.4 Å². The Morgan fingerprint density at radius 3 is 1.87 bits per heavy atom. The van der Waals surface area contributed by atoms with Crippen molar-refractivity contribution < 1.29 is 90.0 Å². The van der Waals surface area contributed by atoms with Crippen molar-refractivity contribution in [2.75, 3.05) is 59.6 Å². The Hall–Kier alpha value is -8.30. The summed E-state index contributed by atoms with van der Waals surface area (Å²) in [5.74, 6) is -1.67. The molecule has 8 amide bonds. The molecule has 5 aromatic rings. The van der Waals surface area contributed by atoms with Gasteiger partial charge in [-0.1, -0.05) is 42.4 Å². The largest absolute Gasteiger partial charge is 0.533 e. The minimum atomic E-state index is -1.06. The molecule has 0 spiro atoms. The van der Waals surface area contributed by atoms with Gasteiger partial charge in [-0.2, -0.15) is 0 Å². The normalized spacial score (nSPS) is 16.9. The van der Waals surface area contributed by atoms with E-state index in [4.69, 9.17) is 18.9 Å². The van der Waals surface area contributed by atoms with Crippen molar-refractivity contribution in [1.82, 2.24) is 20.9 Å². The first kappa shape index (κ1) is 58.4. The van der Waals surface area contributed by atoms with Crippen LogP contribution in [0, 0.1) is 6.54 Å². The van der Waals surface area contributed by atoms with Crippen molar-refractivity contribution in [2.24, 2.45) is 0 Å². The van der Waals surface area contributed by atoms with Gasteiger partial charge in [0.05, 0.1) is 37.1 Å². The van der Waals surface area contributed by atoms with Gasteiger partial charge in [0, 0.05) is 112 Å². The van der Waals surface area contributed by atoms with Crippen molar-refractivity contribution in [3.05, 3.63) is 143 Å². The zero-order valence-corrected chi connectivity index (χ0v) is 48.6. The number of unbranched alkanes of at least 4 members (excludes halogenated alkanes) is 1. The number of carbonyl (C=O) groups excluding carboxylic acids is 8. The first-order valence-electron chi connectivity index (χ1n) is 26.9. The van der Waals surface area contributed by atoms with Crippen LogP contribution in [0.15, 0.2) is 103 Å². The molecule has 423 valence electrons. The van der Waals surface area contributed by atoms with E-state index in [1.807, 2.05) is 66.0 Å². The van der Waals surface area contributed by atoms with E-state index in [2.05, 4.69) is 31.9 Å². The predicted octanol–water partition coefficient (Wildman–Crippen LogP) is 5.56. The zero-order valence-electron chi connectivity index (χ0n) is 45.8. The van der Waals surface area contributed by atoms with E-state index in [0.717, 1.165) is 33.8 Å². The fraction of sp³-hybridized carbons (Fsp3) is 0.317. The molecule has 0 saturated carbocycles. The molecule has 5 aromatic carbocycles. The number of hydrogen-bond acceptors (Lipinski definition) is 14. The number of para-hydroxylation sites is 2. The SMILES string of the molecule is COc1cc2c(cc1OCc1cc(COc3cc4c(cc3OC)C(=O)N3c5ccccc5C[C@H]3[CH-]N4)cc(NC(=O)[C@H](C)NC(=O)[C@H](C)NC(=O)CCCCC(=O)NCCN3C(=O)C=CC3=O)c1)NC[C@@H]1Cc3ccccc3N1C2=O.[Y]. The molecular formula is C60H62N9O12Y-. The summed E-state index contributed by atoms with van der Waals surface area (Å²) < 4.78 is 24.5. The molecule has 5 aliphatic heterocycles. The van der Waals surface area contributed by atoms with Gasteiger partial charge in [-0.15, -0.1) is 0 Å². The Morgan fingerprint density at radius 2 is 1.22 bits per heavy atom. The van der Waals surface area contributed by atoms with Crippen LogP contribution in [0.5, 0.6) is 23.0 Å². The second-order valence-corrected chi connectivity index (χ2v) is 20.4. The molecule has 0 unspecified atom stereocenters. The Bertz CT molecular complexity index is 3220. The van der Waals surface area contributed by atoms with Gasteiger partial charge >= 0.3 is 0 Å². The molecule has 0 aromatic heterocycles. The topological polar surface area (TPSA) is 255 Å². The smallest absolute Gasteiger partial charge is 0.260 e. The molecule has 5 aliphatic rings. The molecule has 1 radical (unpaired) electrons. The summed E-state index contributed by atoms with van der Waals surface area (Å²) in [7, 11) is 3.00. The van der Waals surface area contributed by atoms with E-state index < -0.39 is 41.6 Å². The average molecular weight is 1190 g/mol. The van der Waals surface area contributed by atoms with Gasteiger partial charge in [0.15, 0.2) is 23.0 Å². The molecule has 4 atom stereocenters. The summed E-state index contributed by atoms with van der Waals surface area (Å²) in [5.41, 5.74) is 7.50. The Balaban J connectivity index is 0.00000810. The molecule has 0 saturated heterocycles. The molecule has 82 heavy (non-hydrogen) atoms. The third-order valence-electron chi connectivity index (χ3n) is 14.8. The van der Waals surface area contributed by atoms with E-state index >= 15 is 0 Å². The number of nitrogens with zero attached hydrogens (tertiary/aromatic N) is 3. The molecule has 0 aliphatic carbocycles. The summed E-state index contributed by atoms with van der Waals surface area (Å²) in [6.07, 6.45) is 4.65. The number of nitrogens with one attached hydrogen (secondary N) is 6. The van der Waals surface area contributed by atoms with Gasteiger partial charge in [0.2, 0.25) is 23.6 Å². The third-order valence-corrected chi connectivity index (χ3v) is 14.8. The number of hydrogen-bond donors (Lipinski definition) is 6. The van der Waals surface area contributed by atoms with Gasteiger partial charge in [0.25, 0.3) is 23.6 Å². The molecule has 0 bridgehead atoms. The van der Waals surface area contributed by atoms with E-state index in [1.54, 1.807) is 41.3 Å². The van der Waals surface area contributed by atoms with Gasteiger partial charge < -0.3 is 60.6 Å². The van der Waals surface area contributed by atoms with Gasteiger partial charge in [0.1, 0.15) is 25.3 Å². The number of amides is 8. The van der Waals surface area contributed by atoms with Crippen LogP contribution in [0.1, 0.15) is 82.5 Å². The predicted molar refractivity (Wildman–Crippen MR) is 300 cm³/mol. The summed E-state index contributed by atoms with van der Waals surface area (Å²) >= 11 is 0. The summed E-state index contributed by atoms with van der Waals surface area (Å²) in [4.78, 5) is 109. The standard InChI is InChI=1S/C60H62N9O12.Y/c1-34(64-54(71)16-10-9-15-53(70)61-19-20-67-55(72)17-18-56(67)73)57(74)65-35(2)58(75)66-40-22-36(32-80-51-28-45-43(26-49(51)78-3)59(76)68-41(30-62-45)24-38-11-5-7-13-47(38)68)21-37(23-40)33-81-52-29-46-44(27-50(52)79-4)60(77)69-42(31-63-46)25-39-12-6-8-14-48(39)69;/h5-8,11-14,17-18,21-23,26-30,34-35,41-42,62-63H,9-10,15-16,19-20,24-25,31-33H2,1-4H3,(H,61,70)(H,64,71)(H,65,74)(H,66,75);/q-1;/t34-,35-,41-,42-;/m0./s1. The Kier molecular flexibility index (Phi) is 18.3. The molecule has 21 nitrogen and oxygen atoms in total. The first-order valence-corrected chi connectivity index (χ1v) is 26.9. The van der Waals surface area contributed by atoms with E-state index in [0.29, 0.717) is 88.1 Å². The van der Waals surface area contributed by atoms with Crippen molar-refractivity contribution in [3.8, 4) is 23.0 Å². The molecule has 5 heterocycles. The van der Waals surface area contributed by atoms with Gasteiger partial charge in [-0.05, 0) is 104 Å². The van der Waals surface area contributed by atoms with Crippen LogP contribution in [-0.4, -0.2) is 110 Å². The fourth-order valence-corrected chi connectivity index (χ4v) is 10.6. The van der Waals surface area contributed by atoms with Gasteiger partial charge in [-0.25, -0.2) is 6.54 Å². The van der Waals surface area contributed by atoms with Crippen molar-refractivity contribution in [2.45, 2.75) is 89.8 Å². The molecule has 0 fully saturated rings. The second-order valence-electron chi connectivity index (χ2n) is 20.4. The zero-order chi connectivity index (χ0) is 56.9. The number of imide groups is 1. The maximum Gasteiger partial charge on any atom is 0.260 e. The average Bonchev–Trinajstić information content (AvgIpc) is 4.30. The summed E-state index contributed by atoms with van der Waals surface area (Å²) in [6.45, 7) is 5.54. The van der Waals surface area contributed by atoms with Gasteiger partial charge in [-0.3, -0.25) is 43.3 Å². The minimum absolute atomic E-state index is 0. The monoisotopic (exact) mass is 1190 g/mol. The third kappa shape index (κ3) is 12.7.